The number of aromatic nitrogens is 2. The summed E-state index contributed by atoms with van der Waals surface area (Å²) in [6.07, 6.45) is -7.80. The number of aromatic amines is 1. The second kappa shape index (κ2) is 5.83. The molecule has 0 aliphatic heterocycles. The molecule has 0 saturated heterocycles. The van der Waals surface area contributed by atoms with Crippen molar-refractivity contribution < 1.29 is 65.9 Å². The molecule has 0 unspecified atom stereocenters. The molecule has 1 rings (SSSR count). The lowest BCUT2D eigenvalue weighted by Gasteiger charge is -2.41. The first-order chi connectivity index (χ1) is 11.6. The zero-order chi connectivity index (χ0) is 21.9. The molecule has 1 heterocycles. The van der Waals surface area contributed by atoms with Gasteiger partial charge < -0.3 is 4.98 Å². The SMILES string of the molecule is FC(F)(F)C(F)(F)C(F)(F)C(F)(F)C(F)(F)C(F)(F)C(F)(F)c1cnc[nH]1. The number of nitrogens with one attached hydrogen (secondary N) is 1. The van der Waals surface area contributed by atoms with Crippen LogP contribution in [0.3, 0.4) is 0 Å². The van der Waals surface area contributed by atoms with Crippen LogP contribution in [0.2, 0.25) is 0 Å². The summed E-state index contributed by atoms with van der Waals surface area (Å²) >= 11 is 0. The van der Waals surface area contributed by atoms with Gasteiger partial charge in [0.2, 0.25) is 0 Å². The molecular weight excluding hydrogens is 433 g/mol. The maximum atomic E-state index is 13.4. The second-order valence-corrected chi connectivity index (χ2v) is 4.91. The van der Waals surface area contributed by atoms with E-state index in [-0.39, 0.29) is 12.5 Å². The van der Waals surface area contributed by atoms with Crippen molar-refractivity contribution in [1.82, 2.24) is 9.97 Å². The molecule has 0 aromatic carbocycles. The quantitative estimate of drug-likeness (QED) is 0.608. The van der Waals surface area contributed by atoms with E-state index in [0.717, 1.165) is 4.98 Å². The molecule has 27 heavy (non-hydrogen) atoms. The molecule has 0 amide bonds. The van der Waals surface area contributed by atoms with Gasteiger partial charge in [-0.1, -0.05) is 0 Å². The van der Waals surface area contributed by atoms with Crippen LogP contribution in [0.15, 0.2) is 12.5 Å². The number of rotatable bonds is 6. The Balaban J connectivity index is 3.60. The Morgan fingerprint density at radius 1 is 0.556 bits per heavy atom. The first-order valence-corrected chi connectivity index (χ1v) is 5.93. The fraction of sp³-hybridized carbons (Fsp3) is 0.700. The highest BCUT2D eigenvalue weighted by Crippen LogP contribution is 2.63. The number of halogens is 15. The molecule has 1 aromatic rings. The third-order valence-electron chi connectivity index (χ3n) is 3.16. The first-order valence-electron chi connectivity index (χ1n) is 5.93. The summed E-state index contributed by atoms with van der Waals surface area (Å²) in [6.45, 7) is 0. The van der Waals surface area contributed by atoms with Gasteiger partial charge in [0.05, 0.1) is 12.5 Å². The number of imidazole rings is 1. The Hall–Kier alpha value is -1.84. The minimum absolute atomic E-state index is 0.141. The standard InChI is InChI=1S/C10H3F15N2/c11-4(12,3-1-26-2-27-3)5(13,14)6(15,16)7(17,18)8(19,20)9(21,22)10(23,24)25/h1-2H,(H,26,27). The second-order valence-electron chi connectivity index (χ2n) is 4.91. The summed E-state index contributed by atoms with van der Waals surface area (Å²) in [5, 5.41) is 0. The van der Waals surface area contributed by atoms with Crippen molar-refractivity contribution in [2.45, 2.75) is 41.7 Å². The fourth-order valence-electron chi connectivity index (χ4n) is 1.56. The molecule has 17 heteroatoms. The van der Waals surface area contributed by atoms with Gasteiger partial charge >= 0.3 is 41.7 Å². The molecule has 0 aliphatic rings. The summed E-state index contributed by atoms with van der Waals surface area (Å²) < 4.78 is 193. The average Bonchev–Trinajstić information content (AvgIpc) is 2.99. The third-order valence-corrected chi connectivity index (χ3v) is 3.16. The number of H-pyrrole nitrogens is 1. The zero-order valence-corrected chi connectivity index (χ0v) is 11.8. The molecule has 0 atom stereocenters. The molecule has 0 bridgehead atoms. The van der Waals surface area contributed by atoms with Gasteiger partial charge in [0.25, 0.3) is 0 Å². The van der Waals surface area contributed by atoms with Crippen LogP contribution in [0.5, 0.6) is 0 Å². The Labute approximate surface area is 137 Å². The van der Waals surface area contributed by atoms with Gasteiger partial charge in [-0.25, -0.2) is 4.98 Å². The van der Waals surface area contributed by atoms with Gasteiger partial charge in [0.1, 0.15) is 5.69 Å². The van der Waals surface area contributed by atoms with Crippen molar-refractivity contribution in [3.63, 3.8) is 0 Å². The number of nitrogens with zero attached hydrogens (tertiary/aromatic N) is 1. The van der Waals surface area contributed by atoms with E-state index in [4.69, 9.17) is 0 Å². The van der Waals surface area contributed by atoms with E-state index in [0.29, 0.717) is 0 Å². The minimum Gasteiger partial charge on any atom is -0.343 e. The van der Waals surface area contributed by atoms with Crippen LogP contribution in [0.4, 0.5) is 65.9 Å². The van der Waals surface area contributed by atoms with Gasteiger partial charge in [0.15, 0.2) is 0 Å². The third kappa shape index (κ3) is 2.79. The van der Waals surface area contributed by atoms with E-state index in [1.807, 2.05) is 0 Å². The van der Waals surface area contributed by atoms with Crippen LogP contribution in [-0.2, 0) is 5.92 Å². The molecule has 0 aliphatic carbocycles. The maximum absolute atomic E-state index is 13.4. The minimum atomic E-state index is -8.29. The highest BCUT2D eigenvalue weighted by atomic mass is 19.4. The van der Waals surface area contributed by atoms with Gasteiger partial charge in [-0.15, -0.1) is 0 Å². The normalized spacial score (nSPS) is 16.0. The van der Waals surface area contributed by atoms with Crippen LogP contribution in [-0.4, -0.2) is 45.8 Å². The highest BCUT2D eigenvalue weighted by molar-refractivity contribution is 5.18. The average molecular weight is 436 g/mol. The number of hydrogen-bond acceptors (Lipinski definition) is 1. The van der Waals surface area contributed by atoms with E-state index in [1.54, 1.807) is 0 Å². The van der Waals surface area contributed by atoms with Crippen molar-refractivity contribution in [3.05, 3.63) is 18.2 Å². The van der Waals surface area contributed by atoms with Crippen LogP contribution in [0.1, 0.15) is 5.69 Å². The Kier molecular flexibility index (Phi) is 5.01. The van der Waals surface area contributed by atoms with Crippen molar-refractivity contribution in [3.8, 4) is 0 Å². The Morgan fingerprint density at radius 2 is 0.926 bits per heavy atom. The van der Waals surface area contributed by atoms with Crippen LogP contribution in [0.25, 0.3) is 0 Å². The maximum Gasteiger partial charge on any atom is 0.460 e. The van der Waals surface area contributed by atoms with Gasteiger partial charge in [-0.3, -0.25) is 0 Å². The van der Waals surface area contributed by atoms with E-state index in [9.17, 15) is 65.9 Å². The van der Waals surface area contributed by atoms with E-state index < -0.39 is 47.4 Å². The summed E-state index contributed by atoms with van der Waals surface area (Å²) in [7, 11) is 0. The molecular formula is C10H3F15N2. The van der Waals surface area contributed by atoms with E-state index in [1.165, 1.54) is 0 Å². The number of hydrogen-bond donors (Lipinski definition) is 1. The lowest BCUT2D eigenvalue weighted by Crippen LogP contribution is -2.72. The molecule has 2 nitrogen and oxygen atoms in total. The van der Waals surface area contributed by atoms with Crippen molar-refractivity contribution in [1.29, 1.82) is 0 Å². The molecule has 0 saturated carbocycles. The molecule has 158 valence electrons. The molecule has 1 N–H and O–H groups in total. The Bertz CT molecular complexity index is 657. The molecule has 0 fully saturated rings. The van der Waals surface area contributed by atoms with Crippen LogP contribution >= 0.6 is 0 Å². The topological polar surface area (TPSA) is 28.7 Å². The van der Waals surface area contributed by atoms with E-state index in [2.05, 4.69) is 4.98 Å². The molecule has 0 spiro atoms. The summed E-state index contributed by atoms with van der Waals surface area (Å²) in [4.78, 5) is 3.71. The summed E-state index contributed by atoms with van der Waals surface area (Å²) in [5.41, 5.74) is -2.34. The first kappa shape index (κ1) is 23.2. The van der Waals surface area contributed by atoms with Crippen LogP contribution in [0, 0.1) is 0 Å². The zero-order valence-electron chi connectivity index (χ0n) is 11.8. The lowest BCUT2D eigenvalue weighted by molar-refractivity contribution is -0.454. The smallest absolute Gasteiger partial charge is 0.343 e. The lowest BCUT2D eigenvalue weighted by atomic mass is 9.90. The van der Waals surface area contributed by atoms with Crippen molar-refractivity contribution in [2.24, 2.45) is 0 Å². The largest absolute Gasteiger partial charge is 0.460 e. The van der Waals surface area contributed by atoms with Gasteiger partial charge in [0, 0.05) is 0 Å². The summed E-state index contributed by atoms with van der Waals surface area (Å²) in [6, 6.07) is 0. The van der Waals surface area contributed by atoms with Crippen molar-refractivity contribution >= 4 is 0 Å². The van der Waals surface area contributed by atoms with Crippen LogP contribution < -0.4 is 0 Å². The fourth-order valence-corrected chi connectivity index (χ4v) is 1.56. The monoisotopic (exact) mass is 436 g/mol. The van der Waals surface area contributed by atoms with Crippen molar-refractivity contribution in [2.75, 3.05) is 0 Å². The Morgan fingerprint density at radius 3 is 1.26 bits per heavy atom. The van der Waals surface area contributed by atoms with Gasteiger partial charge in [-0.05, 0) is 0 Å². The van der Waals surface area contributed by atoms with E-state index >= 15 is 0 Å². The predicted molar refractivity (Wildman–Crippen MR) is 53.3 cm³/mol. The molecule has 0 radical (unpaired) electrons. The summed E-state index contributed by atoms with van der Waals surface area (Å²) in [5.74, 6) is -46.6. The highest BCUT2D eigenvalue weighted by Gasteiger charge is 2.93. The molecule has 1 aromatic heterocycles. The predicted octanol–water partition coefficient (Wildman–Crippen LogP) is 5.24. The van der Waals surface area contributed by atoms with Gasteiger partial charge in [-0.2, -0.15) is 65.9 Å². The number of alkyl halides is 15.